The van der Waals surface area contributed by atoms with E-state index in [1.807, 2.05) is 12.1 Å². The smallest absolute Gasteiger partial charge is 0.246 e. The minimum Gasteiger partial charge on any atom is -0.382 e. The van der Waals surface area contributed by atoms with E-state index in [0.29, 0.717) is 25.7 Å². The van der Waals surface area contributed by atoms with Gasteiger partial charge in [0.25, 0.3) is 0 Å². The van der Waals surface area contributed by atoms with Gasteiger partial charge in [-0.15, -0.1) is 0 Å². The monoisotopic (exact) mass is 294 g/mol. The zero-order chi connectivity index (χ0) is 15.7. The molecule has 5 nitrogen and oxygen atoms in total. The quantitative estimate of drug-likeness (QED) is 0.678. The van der Waals surface area contributed by atoms with E-state index in [1.54, 1.807) is 7.11 Å². The fourth-order valence-electron chi connectivity index (χ4n) is 1.83. The van der Waals surface area contributed by atoms with E-state index in [9.17, 15) is 4.79 Å². The normalized spacial score (nSPS) is 12.4. The van der Waals surface area contributed by atoms with Gasteiger partial charge in [0.2, 0.25) is 5.91 Å². The summed E-state index contributed by atoms with van der Waals surface area (Å²) in [5, 5.41) is 2.77. The Labute approximate surface area is 126 Å². The molecule has 1 aromatic rings. The van der Waals surface area contributed by atoms with Crippen molar-refractivity contribution >= 4 is 5.91 Å². The molecule has 0 aromatic heterocycles. The van der Waals surface area contributed by atoms with Crippen molar-refractivity contribution in [2.75, 3.05) is 33.5 Å². The summed E-state index contributed by atoms with van der Waals surface area (Å²) in [4.78, 5) is 11.6. The number of nitrogens with two attached hydrogens (primary N) is 1. The number of amides is 1. The third kappa shape index (κ3) is 6.71. The lowest BCUT2D eigenvalue weighted by molar-refractivity contribution is -0.126. The van der Waals surface area contributed by atoms with Crippen LogP contribution in [0.15, 0.2) is 24.3 Å². The van der Waals surface area contributed by atoms with Gasteiger partial charge in [-0.2, -0.15) is 0 Å². The van der Waals surface area contributed by atoms with Crippen LogP contribution in [0.1, 0.15) is 36.9 Å². The van der Waals surface area contributed by atoms with Gasteiger partial charge in [0.15, 0.2) is 0 Å². The fourth-order valence-corrected chi connectivity index (χ4v) is 1.83. The topological polar surface area (TPSA) is 73.6 Å². The number of methoxy groups -OCH3 is 1. The van der Waals surface area contributed by atoms with Gasteiger partial charge >= 0.3 is 0 Å². The Morgan fingerprint density at radius 3 is 2.38 bits per heavy atom. The molecule has 0 aliphatic rings. The van der Waals surface area contributed by atoms with Gasteiger partial charge in [-0.3, -0.25) is 4.79 Å². The van der Waals surface area contributed by atoms with Crippen LogP contribution in [0, 0.1) is 0 Å². The highest BCUT2D eigenvalue weighted by Crippen LogP contribution is 2.17. The first-order valence-electron chi connectivity index (χ1n) is 7.23. The number of nitrogens with one attached hydrogen (secondary N) is 1. The predicted molar refractivity (Wildman–Crippen MR) is 83.2 cm³/mol. The van der Waals surface area contributed by atoms with Gasteiger partial charge in [-0.05, 0) is 17.0 Å². The van der Waals surface area contributed by atoms with Gasteiger partial charge in [-0.1, -0.05) is 38.1 Å². The van der Waals surface area contributed by atoms with Crippen LogP contribution >= 0.6 is 0 Å². The number of carbonyl (C=O) groups excluding carboxylic acids is 1. The van der Waals surface area contributed by atoms with Crippen molar-refractivity contribution in [3.05, 3.63) is 35.4 Å². The Kier molecular flexibility index (Phi) is 7.97. The highest BCUT2D eigenvalue weighted by molar-refractivity contribution is 5.77. The Morgan fingerprint density at radius 1 is 1.19 bits per heavy atom. The van der Waals surface area contributed by atoms with E-state index in [4.69, 9.17) is 15.2 Å². The van der Waals surface area contributed by atoms with Crippen molar-refractivity contribution in [1.82, 2.24) is 5.32 Å². The highest BCUT2D eigenvalue weighted by Gasteiger charge is 2.09. The molecule has 0 aliphatic heterocycles. The van der Waals surface area contributed by atoms with Crippen molar-refractivity contribution in [3.63, 3.8) is 0 Å². The summed E-state index contributed by atoms with van der Waals surface area (Å²) in [6, 6.07) is 7.97. The van der Waals surface area contributed by atoms with Gasteiger partial charge in [0.1, 0.15) is 6.61 Å². The maximum atomic E-state index is 11.6. The second-order valence-corrected chi connectivity index (χ2v) is 5.28. The molecule has 0 radical (unpaired) electrons. The molecule has 0 heterocycles. The standard InChI is InChI=1S/C16H26N2O3/c1-12(2)13-4-6-14(7-5-13)15(17)10-18-16(19)11-21-9-8-20-3/h4-7,12,15H,8-11,17H2,1-3H3,(H,18,19). The van der Waals surface area contributed by atoms with E-state index in [-0.39, 0.29) is 18.6 Å². The lowest BCUT2D eigenvalue weighted by Crippen LogP contribution is -2.34. The zero-order valence-corrected chi connectivity index (χ0v) is 13.1. The van der Waals surface area contributed by atoms with Crippen LogP contribution in [0.25, 0.3) is 0 Å². The third-order valence-corrected chi connectivity index (χ3v) is 3.22. The van der Waals surface area contributed by atoms with Crippen LogP contribution < -0.4 is 11.1 Å². The molecule has 1 atom stereocenters. The summed E-state index contributed by atoms with van der Waals surface area (Å²) < 4.78 is 9.97. The zero-order valence-electron chi connectivity index (χ0n) is 13.1. The first-order valence-corrected chi connectivity index (χ1v) is 7.23. The summed E-state index contributed by atoms with van der Waals surface area (Å²) in [7, 11) is 1.59. The van der Waals surface area contributed by atoms with Crippen LogP contribution in [0.2, 0.25) is 0 Å². The molecule has 21 heavy (non-hydrogen) atoms. The van der Waals surface area contributed by atoms with E-state index in [1.165, 1.54) is 5.56 Å². The molecule has 1 amide bonds. The molecule has 0 saturated carbocycles. The molecule has 0 spiro atoms. The molecule has 1 unspecified atom stereocenters. The number of hydrogen-bond acceptors (Lipinski definition) is 4. The Balaban J connectivity index is 2.32. The summed E-state index contributed by atoms with van der Waals surface area (Å²) in [5.41, 5.74) is 8.36. The molecule has 1 rings (SSSR count). The van der Waals surface area contributed by atoms with Crippen molar-refractivity contribution in [2.45, 2.75) is 25.8 Å². The summed E-state index contributed by atoms with van der Waals surface area (Å²) in [5.74, 6) is 0.333. The van der Waals surface area contributed by atoms with Gasteiger partial charge in [0.05, 0.1) is 13.2 Å². The maximum absolute atomic E-state index is 11.6. The van der Waals surface area contributed by atoms with Crippen LogP contribution in [-0.4, -0.2) is 39.4 Å². The van der Waals surface area contributed by atoms with E-state index >= 15 is 0 Å². The molecule has 5 heteroatoms. The summed E-state index contributed by atoms with van der Waals surface area (Å²) in [6.45, 7) is 5.62. The molecule has 3 N–H and O–H groups in total. The number of rotatable bonds is 9. The van der Waals surface area contributed by atoms with Crippen LogP contribution in [0.3, 0.4) is 0 Å². The molecule has 1 aromatic carbocycles. The lowest BCUT2D eigenvalue weighted by atomic mass is 9.99. The lowest BCUT2D eigenvalue weighted by Gasteiger charge is -2.14. The number of carbonyl (C=O) groups is 1. The van der Waals surface area contributed by atoms with E-state index < -0.39 is 0 Å². The van der Waals surface area contributed by atoms with E-state index in [2.05, 4.69) is 31.3 Å². The largest absolute Gasteiger partial charge is 0.382 e. The van der Waals surface area contributed by atoms with Crippen molar-refractivity contribution in [1.29, 1.82) is 0 Å². The highest BCUT2D eigenvalue weighted by atomic mass is 16.5. The van der Waals surface area contributed by atoms with Gasteiger partial charge in [-0.25, -0.2) is 0 Å². The van der Waals surface area contributed by atoms with Gasteiger partial charge < -0.3 is 20.5 Å². The molecule has 0 bridgehead atoms. The van der Waals surface area contributed by atoms with Crippen LogP contribution in [0.4, 0.5) is 0 Å². The Morgan fingerprint density at radius 2 is 1.81 bits per heavy atom. The number of benzene rings is 1. The molecule has 0 fully saturated rings. The fraction of sp³-hybridized carbons (Fsp3) is 0.562. The van der Waals surface area contributed by atoms with Crippen LogP contribution in [0.5, 0.6) is 0 Å². The predicted octanol–water partition coefficient (Wildman–Crippen LogP) is 1.59. The Hall–Kier alpha value is -1.43. The first-order chi connectivity index (χ1) is 10.0. The molecule has 0 aliphatic carbocycles. The maximum Gasteiger partial charge on any atom is 0.246 e. The summed E-state index contributed by atoms with van der Waals surface area (Å²) >= 11 is 0. The molecular weight excluding hydrogens is 268 g/mol. The average Bonchev–Trinajstić information content (AvgIpc) is 2.49. The molecular formula is C16H26N2O3. The number of ether oxygens (including phenoxy) is 2. The minimum absolute atomic E-state index is 0.0301. The SMILES string of the molecule is COCCOCC(=O)NCC(N)c1ccc(C(C)C)cc1. The van der Waals surface area contributed by atoms with Crippen molar-refractivity contribution < 1.29 is 14.3 Å². The van der Waals surface area contributed by atoms with Crippen LogP contribution in [-0.2, 0) is 14.3 Å². The third-order valence-electron chi connectivity index (χ3n) is 3.22. The summed E-state index contributed by atoms with van der Waals surface area (Å²) in [6.07, 6.45) is 0. The van der Waals surface area contributed by atoms with E-state index in [0.717, 1.165) is 5.56 Å². The molecule has 118 valence electrons. The molecule has 0 saturated heterocycles. The first kappa shape index (κ1) is 17.6. The second-order valence-electron chi connectivity index (χ2n) is 5.28. The van der Waals surface area contributed by atoms with Gasteiger partial charge in [0, 0.05) is 19.7 Å². The average molecular weight is 294 g/mol. The van der Waals surface area contributed by atoms with Crippen molar-refractivity contribution in [3.8, 4) is 0 Å². The number of hydrogen-bond donors (Lipinski definition) is 2. The Bertz CT molecular complexity index is 418. The second kappa shape index (κ2) is 9.50. The van der Waals surface area contributed by atoms with Crippen molar-refractivity contribution in [2.24, 2.45) is 5.73 Å². The minimum atomic E-state index is -0.214.